The third-order valence-electron chi connectivity index (χ3n) is 7.22. The molecule has 35 heavy (non-hydrogen) atoms. The minimum Gasteiger partial charge on any atom is -0.494 e. The Hall–Kier alpha value is -2.70. The molecular formula is C29H39N3O3. The zero-order valence-electron chi connectivity index (χ0n) is 21.5. The van der Waals surface area contributed by atoms with Gasteiger partial charge in [0.25, 0.3) is 5.91 Å². The van der Waals surface area contributed by atoms with Gasteiger partial charge >= 0.3 is 0 Å². The molecule has 0 bridgehead atoms. The number of piperazine rings is 1. The average Bonchev–Trinajstić information content (AvgIpc) is 3.26. The number of ketones is 1. The van der Waals surface area contributed by atoms with E-state index in [0.29, 0.717) is 50.9 Å². The normalized spacial score (nSPS) is 19.2. The molecule has 2 aliphatic heterocycles. The van der Waals surface area contributed by atoms with Crippen LogP contribution >= 0.6 is 0 Å². The number of hydrogen-bond acceptors (Lipinski definition) is 5. The summed E-state index contributed by atoms with van der Waals surface area (Å²) in [6.45, 7) is 12.4. The molecule has 2 aromatic carbocycles. The lowest BCUT2D eigenvalue weighted by Crippen LogP contribution is -2.49. The molecule has 0 aromatic heterocycles. The number of likely N-dealkylation sites (tertiary alicyclic amines) is 1. The van der Waals surface area contributed by atoms with Gasteiger partial charge in [-0.2, -0.15) is 0 Å². The lowest BCUT2D eigenvalue weighted by atomic mass is 10.1. The Morgan fingerprint density at radius 3 is 2.23 bits per heavy atom. The fraction of sp³-hybridized carbons (Fsp3) is 0.517. The topological polar surface area (TPSA) is 53.1 Å². The molecule has 2 aliphatic rings. The molecule has 1 atom stereocenters. The number of carbonyl (C=O) groups excluding carboxylic acids is 2. The van der Waals surface area contributed by atoms with Gasteiger partial charge in [-0.1, -0.05) is 17.2 Å². The van der Waals surface area contributed by atoms with Crippen molar-refractivity contribution in [3.05, 3.63) is 64.7 Å². The molecule has 2 saturated heterocycles. The summed E-state index contributed by atoms with van der Waals surface area (Å²) in [5, 5.41) is 0. The molecular weight excluding hydrogens is 438 g/mol. The van der Waals surface area contributed by atoms with E-state index in [-0.39, 0.29) is 11.7 Å². The van der Waals surface area contributed by atoms with Gasteiger partial charge in [-0.15, -0.1) is 0 Å². The molecule has 1 amide bonds. The number of amides is 1. The van der Waals surface area contributed by atoms with Crippen LogP contribution in [0.4, 0.5) is 0 Å². The van der Waals surface area contributed by atoms with Crippen LogP contribution in [-0.4, -0.2) is 84.9 Å². The summed E-state index contributed by atoms with van der Waals surface area (Å²) >= 11 is 0. The van der Waals surface area contributed by atoms with E-state index in [1.807, 2.05) is 55.1 Å². The monoisotopic (exact) mass is 477 g/mol. The molecule has 0 radical (unpaired) electrons. The summed E-state index contributed by atoms with van der Waals surface area (Å²) < 4.78 is 5.89. The highest BCUT2D eigenvalue weighted by atomic mass is 16.5. The second-order valence-electron chi connectivity index (χ2n) is 10.1. The molecule has 0 aliphatic carbocycles. The third kappa shape index (κ3) is 6.92. The van der Waals surface area contributed by atoms with Crippen LogP contribution in [-0.2, 0) is 0 Å². The minimum atomic E-state index is 0.0771. The van der Waals surface area contributed by atoms with Crippen LogP contribution < -0.4 is 4.74 Å². The second kappa shape index (κ2) is 11.8. The van der Waals surface area contributed by atoms with E-state index in [9.17, 15) is 9.59 Å². The quantitative estimate of drug-likeness (QED) is 0.400. The number of hydrogen-bond donors (Lipinski definition) is 0. The van der Waals surface area contributed by atoms with E-state index >= 15 is 0 Å². The zero-order chi connectivity index (χ0) is 24.8. The molecule has 0 spiro atoms. The zero-order valence-corrected chi connectivity index (χ0v) is 21.5. The Labute approximate surface area is 209 Å². The van der Waals surface area contributed by atoms with Gasteiger partial charge in [-0.25, -0.2) is 0 Å². The predicted molar refractivity (Wildman–Crippen MR) is 139 cm³/mol. The molecule has 2 heterocycles. The second-order valence-corrected chi connectivity index (χ2v) is 10.1. The molecule has 2 fully saturated rings. The number of rotatable bonds is 9. The van der Waals surface area contributed by atoms with Crippen LogP contribution in [0.3, 0.4) is 0 Å². The molecule has 6 heteroatoms. The average molecular weight is 478 g/mol. The maximum Gasteiger partial charge on any atom is 0.253 e. The number of aryl methyl sites for hydroxylation is 2. The van der Waals surface area contributed by atoms with Crippen molar-refractivity contribution >= 4 is 11.7 Å². The highest BCUT2D eigenvalue weighted by molar-refractivity contribution is 5.98. The Morgan fingerprint density at radius 1 is 0.914 bits per heavy atom. The van der Waals surface area contributed by atoms with Crippen LogP contribution in [0.1, 0.15) is 58.0 Å². The molecule has 0 unspecified atom stereocenters. The lowest BCUT2D eigenvalue weighted by molar-refractivity contribution is 0.0624. The van der Waals surface area contributed by atoms with Gasteiger partial charge in [0.15, 0.2) is 5.78 Å². The van der Waals surface area contributed by atoms with Crippen LogP contribution in [0.5, 0.6) is 5.75 Å². The lowest BCUT2D eigenvalue weighted by Gasteiger charge is -2.34. The highest BCUT2D eigenvalue weighted by Crippen LogP contribution is 2.18. The fourth-order valence-electron chi connectivity index (χ4n) is 5.20. The van der Waals surface area contributed by atoms with Crippen molar-refractivity contribution in [1.29, 1.82) is 0 Å². The summed E-state index contributed by atoms with van der Waals surface area (Å²) in [6, 6.07) is 14.2. The van der Waals surface area contributed by atoms with E-state index in [2.05, 4.69) is 22.8 Å². The fourth-order valence-corrected chi connectivity index (χ4v) is 5.20. The molecule has 2 aromatic rings. The number of carbonyl (C=O) groups is 2. The number of Topliss-reactive ketones (excluding diaryl/α,β-unsaturated/α-hetero) is 1. The van der Waals surface area contributed by atoms with Crippen molar-refractivity contribution in [3.63, 3.8) is 0 Å². The van der Waals surface area contributed by atoms with Crippen molar-refractivity contribution < 1.29 is 14.3 Å². The van der Waals surface area contributed by atoms with Gasteiger partial charge in [0.2, 0.25) is 0 Å². The smallest absolute Gasteiger partial charge is 0.253 e. The van der Waals surface area contributed by atoms with E-state index in [0.717, 1.165) is 35.4 Å². The van der Waals surface area contributed by atoms with Gasteiger partial charge in [-0.05, 0) is 83.0 Å². The predicted octanol–water partition coefficient (Wildman–Crippen LogP) is 4.20. The summed E-state index contributed by atoms with van der Waals surface area (Å²) in [4.78, 5) is 32.3. The minimum absolute atomic E-state index is 0.0771. The SMILES string of the molecule is Cc1cc(C)cc(C(=O)N2CCN(CC(=O)c3ccc(OCCCN4CCC[C@H]4C)cc3)CC2)c1. The first-order chi connectivity index (χ1) is 16.9. The van der Waals surface area contributed by atoms with Crippen LogP contribution in [0.2, 0.25) is 0 Å². The van der Waals surface area contributed by atoms with E-state index in [1.165, 1.54) is 19.4 Å². The Balaban J connectivity index is 1.19. The van der Waals surface area contributed by atoms with Crippen LogP contribution in [0.25, 0.3) is 0 Å². The van der Waals surface area contributed by atoms with E-state index < -0.39 is 0 Å². The van der Waals surface area contributed by atoms with Crippen LogP contribution in [0.15, 0.2) is 42.5 Å². The Bertz CT molecular complexity index is 992. The molecule has 188 valence electrons. The van der Waals surface area contributed by atoms with Crippen molar-refractivity contribution in [2.45, 2.75) is 46.1 Å². The summed E-state index contributed by atoms with van der Waals surface area (Å²) in [5.41, 5.74) is 3.66. The Kier molecular flexibility index (Phi) is 8.58. The van der Waals surface area contributed by atoms with Gasteiger partial charge in [0.05, 0.1) is 13.2 Å². The van der Waals surface area contributed by atoms with Crippen molar-refractivity contribution in [2.24, 2.45) is 0 Å². The maximum atomic E-state index is 12.9. The van der Waals surface area contributed by atoms with Crippen molar-refractivity contribution in [3.8, 4) is 5.75 Å². The van der Waals surface area contributed by atoms with Gasteiger partial charge in [0, 0.05) is 49.9 Å². The molecule has 0 N–H and O–H groups in total. The van der Waals surface area contributed by atoms with Gasteiger partial charge < -0.3 is 14.5 Å². The summed E-state index contributed by atoms with van der Waals surface area (Å²) in [7, 11) is 0. The first-order valence-corrected chi connectivity index (χ1v) is 13.0. The maximum absolute atomic E-state index is 12.9. The molecule has 6 nitrogen and oxygen atoms in total. The van der Waals surface area contributed by atoms with Gasteiger partial charge in [-0.3, -0.25) is 14.5 Å². The van der Waals surface area contributed by atoms with Gasteiger partial charge in [0.1, 0.15) is 5.75 Å². The Morgan fingerprint density at radius 2 is 1.60 bits per heavy atom. The summed E-state index contributed by atoms with van der Waals surface area (Å²) in [6.07, 6.45) is 3.62. The van der Waals surface area contributed by atoms with E-state index in [4.69, 9.17) is 4.74 Å². The molecule has 0 saturated carbocycles. The number of ether oxygens (including phenoxy) is 1. The molecule has 4 rings (SSSR count). The third-order valence-corrected chi connectivity index (χ3v) is 7.22. The largest absolute Gasteiger partial charge is 0.494 e. The van der Waals surface area contributed by atoms with E-state index in [1.54, 1.807) is 0 Å². The standard InChI is InChI=1S/C29H39N3O3/c1-22-18-23(2)20-26(19-22)29(34)32-15-13-30(14-16-32)21-28(33)25-7-9-27(10-8-25)35-17-5-12-31-11-4-6-24(31)3/h7-10,18-20,24H,4-6,11-17,21H2,1-3H3/t24-/m1/s1. The van der Waals surface area contributed by atoms with Crippen molar-refractivity contribution in [1.82, 2.24) is 14.7 Å². The highest BCUT2D eigenvalue weighted by Gasteiger charge is 2.24. The first-order valence-electron chi connectivity index (χ1n) is 13.0. The summed E-state index contributed by atoms with van der Waals surface area (Å²) in [5.74, 6) is 0.997. The van der Waals surface area contributed by atoms with Crippen LogP contribution in [0, 0.1) is 13.8 Å². The number of benzene rings is 2. The first kappa shape index (κ1) is 25.4. The van der Waals surface area contributed by atoms with Crippen molar-refractivity contribution in [2.75, 3.05) is 52.4 Å². The number of nitrogens with zero attached hydrogens (tertiary/aromatic N) is 3.